The van der Waals surface area contributed by atoms with E-state index in [1.54, 1.807) is 0 Å². The number of hydrogen-bond donors (Lipinski definition) is 3. The van der Waals surface area contributed by atoms with Crippen LogP contribution in [0.15, 0.2) is 42.5 Å². The van der Waals surface area contributed by atoms with E-state index in [9.17, 15) is 0 Å². The molecule has 1 aliphatic rings. The van der Waals surface area contributed by atoms with Crippen LogP contribution in [0.2, 0.25) is 0 Å². The second-order valence-corrected chi connectivity index (χ2v) is 6.04. The number of nitrogens with two attached hydrogens (primary N) is 1. The molecule has 122 valence electrons. The number of nitrogens with one attached hydrogen (secondary N) is 2. The van der Waals surface area contributed by atoms with Crippen molar-refractivity contribution >= 4 is 34.4 Å². The molecule has 2 aromatic carbocycles. The van der Waals surface area contributed by atoms with Crippen LogP contribution >= 0.6 is 0 Å². The van der Waals surface area contributed by atoms with Gasteiger partial charge in [0.15, 0.2) is 0 Å². The van der Waals surface area contributed by atoms with Crippen LogP contribution in [0, 0.1) is 0 Å². The summed E-state index contributed by atoms with van der Waals surface area (Å²) in [7, 11) is 0. The highest BCUT2D eigenvalue weighted by atomic mass is 15.2. The molecule has 4 rings (SSSR count). The van der Waals surface area contributed by atoms with Gasteiger partial charge in [-0.05, 0) is 29.8 Å². The third-order valence-corrected chi connectivity index (χ3v) is 4.44. The van der Waals surface area contributed by atoms with Gasteiger partial charge in [0, 0.05) is 31.6 Å². The van der Waals surface area contributed by atoms with E-state index in [4.69, 9.17) is 5.73 Å². The number of rotatable bonds is 3. The van der Waals surface area contributed by atoms with E-state index in [0.717, 1.165) is 59.7 Å². The molecule has 1 saturated heterocycles. The number of aromatic nitrogens is 2. The zero-order valence-corrected chi connectivity index (χ0v) is 13.5. The molecule has 2 heterocycles. The lowest BCUT2D eigenvalue weighted by atomic mass is 10.1. The van der Waals surface area contributed by atoms with Gasteiger partial charge in [-0.3, -0.25) is 5.10 Å². The number of aromatic amines is 1. The highest BCUT2D eigenvalue weighted by Crippen LogP contribution is 2.26. The van der Waals surface area contributed by atoms with Crippen molar-refractivity contribution in [3.63, 3.8) is 0 Å². The maximum atomic E-state index is 6.27. The Kier molecular flexibility index (Phi) is 3.92. The molecule has 5 nitrogen and oxygen atoms in total. The molecule has 3 aromatic rings. The Labute approximate surface area is 141 Å². The number of nitrogen functional groups attached to an aromatic ring is 1. The Bertz CT molecular complexity index is 874. The molecule has 0 aliphatic carbocycles. The van der Waals surface area contributed by atoms with Gasteiger partial charge < -0.3 is 16.0 Å². The van der Waals surface area contributed by atoms with E-state index in [-0.39, 0.29) is 0 Å². The Morgan fingerprint density at radius 2 is 1.88 bits per heavy atom. The summed E-state index contributed by atoms with van der Waals surface area (Å²) < 4.78 is 0. The number of nitrogens with zero attached hydrogens (tertiary/aromatic N) is 2. The second-order valence-electron chi connectivity index (χ2n) is 6.04. The maximum Gasteiger partial charge on any atom is 0.0927 e. The second kappa shape index (κ2) is 6.37. The lowest BCUT2D eigenvalue weighted by molar-refractivity contribution is 0.590. The van der Waals surface area contributed by atoms with Crippen LogP contribution in [0.5, 0.6) is 0 Å². The molecule has 5 heteroatoms. The van der Waals surface area contributed by atoms with Crippen LogP contribution in [0.25, 0.3) is 23.1 Å². The van der Waals surface area contributed by atoms with E-state index in [1.807, 2.05) is 30.3 Å². The highest BCUT2D eigenvalue weighted by molar-refractivity contribution is 5.89. The van der Waals surface area contributed by atoms with Gasteiger partial charge in [0.1, 0.15) is 0 Å². The van der Waals surface area contributed by atoms with Gasteiger partial charge in [0.2, 0.25) is 0 Å². The predicted molar refractivity (Wildman–Crippen MR) is 101 cm³/mol. The maximum absolute atomic E-state index is 6.27. The summed E-state index contributed by atoms with van der Waals surface area (Å²) in [4.78, 5) is 2.33. The van der Waals surface area contributed by atoms with Gasteiger partial charge >= 0.3 is 0 Å². The van der Waals surface area contributed by atoms with Crippen LogP contribution in [0.1, 0.15) is 11.3 Å². The first-order valence-corrected chi connectivity index (χ1v) is 8.28. The van der Waals surface area contributed by atoms with E-state index in [0.29, 0.717) is 0 Å². The van der Waals surface area contributed by atoms with Crippen molar-refractivity contribution < 1.29 is 0 Å². The fourth-order valence-electron chi connectivity index (χ4n) is 3.16. The van der Waals surface area contributed by atoms with Gasteiger partial charge in [-0.2, -0.15) is 5.10 Å². The molecule has 4 N–H and O–H groups in total. The molecule has 24 heavy (non-hydrogen) atoms. The molecule has 0 amide bonds. The SMILES string of the molecule is Nc1cc(/C=C/c2n[nH]c3ccccc23)ccc1N1CCNCC1. The first kappa shape index (κ1) is 14.8. The first-order chi connectivity index (χ1) is 11.8. The third-order valence-electron chi connectivity index (χ3n) is 4.44. The molecule has 1 aromatic heterocycles. The van der Waals surface area contributed by atoms with Crippen molar-refractivity contribution in [2.45, 2.75) is 0 Å². The number of H-pyrrole nitrogens is 1. The largest absolute Gasteiger partial charge is 0.397 e. The normalized spacial score (nSPS) is 15.4. The van der Waals surface area contributed by atoms with Crippen molar-refractivity contribution in [1.29, 1.82) is 0 Å². The number of anilines is 2. The summed E-state index contributed by atoms with van der Waals surface area (Å²) >= 11 is 0. The summed E-state index contributed by atoms with van der Waals surface area (Å²) in [5.41, 5.74) is 11.3. The number of para-hydroxylation sites is 1. The van der Waals surface area contributed by atoms with Crippen molar-refractivity contribution in [2.24, 2.45) is 0 Å². The van der Waals surface area contributed by atoms with E-state index in [1.165, 1.54) is 0 Å². The van der Waals surface area contributed by atoms with Gasteiger partial charge in [0.25, 0.3) is 0 Å². The number of piperazine rings is 1. The van der Waals surface area contributed by atoms with Crippen molar-refractivity contribution in [3.8, 4) is 0 Å². The molecule has 0 radical (unpaired) electrons. The van der Waals surface area contributed by atoms with Gasteiger partial charge in [-0.15, -0.1) is 0 Å². The Morgan fingerprint density at radius 1 is 1.04 bits per heavy atom. The molecule has 1 aliphatic heterocycles. The van der Waals surface area contributed by atoms with Gasteiger partial charge in [-0.25, -0.2) is 0 Å². The third kappa shape index (κ3) is 2.86. The lowest BCUT2D eigenvalue weighted by Crippen LogP contribution is -2.43. The number of benzene rings is 2. The molecule has 0 unspecified atom stereocenters. The van der Waals surface area contributed by atoms with Crippen LogP contribution in [0.4, 0.5) is 11.4 Å². The summed E-state index contributed by atoms with van der Waals surface area (Å²) in [6.07, 6.45) is 4.08. The van der Waals surface area contributed by atoms with Crippen molar-refractivity contribution in [2.75, 3.05) is 36.8 Å². The summed E-state index contributed by atoms with van der Waals surface area (Å²) in [6.45, 7) is 4.01. The minimum Gasteiger partial charge on any atom is -0.397 e. The van der Waals surface area contributed by atoms with Gasteiger partial charge in [-0.1, -0.05) is 30.3 Å². The number of fused-ring (bicyclic) bond motifs is 1. The zero-order valence-electron chi connectivity index (χ0n) is 13.5. The van der Waals surface area contributed by atoms with Crippen LogP contribution < -0.4 is 16.0 Å². The summed E-state index contributed by atoms with van der Waals surface area (Å²) in [5.74, 6) is 0. The lowest BCUT2D eigenvalue weighted by Gasteiger charge is -2.30. The molecule has 1 fully saturated rings. The monoisotopic (exact) mass is 319 g/mol. The minimum absolute atomic E-state index is 0.825. The fraction of sp³-hybridized carbons (Fsp3) is 0.211. The smallest absolute Gasteiger partial charge is 0.0927 e. The van der Waals surface area contributed by atoms with Crippen molar-refractivity contribution in [1.82, 2.24) is 15.5 Å². The quantitative estimate of drug-likeness (QED) is 0.649. The molecular formula is C19H21N5. The highest BCUT2D eigenvalue weighted by Gasteiger charge is 2.12. The molecular weight excluding hydrogens is 298 g/mol. The Hall–Kier alpha value is -2.79. The minimum atomic E-state index is 0.825. The van der Waals surface area contributed by atoms with E-state index < -0.39 is 0 Å². The van der Waals surface area contributed by atoms with Crippen LogP contribution in [-0.4, -0.2) is 36.4 Å². The Balaban J connectivity index is 1.57. The molecule has 0 spiro atoms. The van der Waals surface area contributed by atoms with E-state index >= 15 is 0 Å². The predicted octanol–water partition coefficient (Wildman–Crippen LogP) is 2.73. The average Bonchev–Trinajstić information content (AvgIpc) is 3.04. The van der Waals surface area contributed by atoms with Crippen molar-refractivity contribution in [3.05, 3.63) is 53.7 Å². The fourth-order valence-corrected chi connectivity index (χ4v) is 3.16. The average molecular weight is 319 g/mol. The van der Waals surface area contributed by atoms with Crippen LogP contribution in [0.3, 0.4) is 0 Å². The Morgan fingerprint density at radius 3 is 2.71 bits per heavy atom. The molecule has 0 bridgehead atoms. The first-order valence-electron chi connectivity index (χ1n) is 8.28. The topological polar surface area (TPSA) is 70.0 Å². The van der Waals surface area contributed by atoms with Crippen LogP contribution in [-0.2, 0) is 0 Å². The summed E-state index contributed by atoms with van der Waals surface area (Å²) in [5, 5.41) is 11.9. The van der Waals surface area contributed by atoms with E-state index in [2.05, 4.69) is 44.7 Å². The zero-order chi connectivity index (χ0) is 16.4. The summed E-state index contributed by atoms with van der Waals surface area (Å²) in [6, 6.07) is 14.4. The molecule has 0 saturated carbocycles. The number of hydrogen-bond acceptors (Lipinski definition) is 4. The standard InChI is InChI=1S/C19H21N5/c20-16-13-14(6-8-19(16)24-11-9-21-10-12-24)5-7-18-15-3-1-2-4-17(15)22-23-18/h1-8,13,21H,9-12,20H2,(H,22,23)/b7-5+. The van der Waals surface area contributed by atoms with Gasteiger partial charge in [0.05, 0.1) is 22.6 Å². The molecule has 0 atom stereocenters.